The van der Waals surface area contributed by atoms with Crippen LogP contribution in [0.25, 0.3) is 11.3 Å². The second kappa shape index (κ2) is 10.5. The third-order valence-electron chi connectivity index (χ3n) is 6.17. The summed E-state index contributed by atoms with van der Waals surface area (Å²) in [5.41, 5.74) is 4.34. The van der Waals surface area contributed by atoms with Gasteiger partial charge >= 0.3 is 0 Å². The van der Waals surface area contributed by atoms with Crippen molar-refractivity contribution >= 4 is 11.7 Å². The highest BCUT2D eigenvalue weighted by molar-refractivity contribution is 5.94. The van der Waals surface area contributed by atoms with Gasteiger partial charge in [-0.3, -0.25) is 9.89 Å². The number of hydrogen-bond acceptors (Lipinski definition) is 5. The number of benzene rings is 2. The number of nitrogens with one attached hydrogen (secondary N) is 3. The normalized spacial score (nSPS) is 16.0. The number of nitrogens with zero attached hydrogens (tertiary/aromatic N) is 1. The van der Waals surface area contributed by atoms with Crippen molar-refractivity contribution in [3.8, 4) is 22.8 Å². The molecule has 1 aliphatic carbocycles. The molecule has 0 fully saturated rings. The second-order valence-electron chi connectivity index (χ2n) is 8.45. The van der Waals surface area contributed by atoms with Crippen LogP contribution in [-0.4, -0.2) is 42.4 Å². The van der Waals surface area contributed by atoms with E-state index in [4.69, 9.17) is 9.47 Å². The van der Waals surface area contributed by atoms with Gasteiger partial charge in [-0.15, -0.1) is 0 Å². The van der Waals surface area contributed by atoms with E-state index in [9.17, 15) is 4.79 Å². The lowest BCUT2D eigenvalue weighted by molar-refractivity contribution is -0.118. The topological polar surface area (TPSA) is 88.3 Å². The highest BCUT2D eigenvalue weighted by atomic mass is 16.5. The van der Waals surface area contributed by atoms with Crippen molar-refractivity contribution < 1.29 is 14.3 Å². The van der Waals surface area contributed by atoms with Crippen LogP contribution in [0.3, 0.4) is 0 Å². The van der Waals surface area contributed by atoms with E-state index in [0.29, 0.717) is 5.82 Å². The van der Waals surface area contributed by atoms with E-state index in [1.807, 2.05) is 36.4 Å². The van der Waals surface area contributed by atoms with Crippen LogP contribution < -0.4 is 20.1 Å². The first-order chi connectivity index (χ1) is 16.1. The fourth-order valence-corrected chi connectivity index (χ4v) is 4.45. The van der Waals surface area contributed by atoms with E-state index >= 15 is 0 Å². The summed E-state index contributed by atoms with van der Waals surface area (Å²) >= 11 is 0. The Morgan fingerprint density at radius 1 is 1.12 bits per heavy atom. The van der Waals surface area contributed by atoms with Crippen molar-refractivity contribution in [1.82, 2.24) is 15.5 Å². The Morgan fingerprint density at radius 2 is 1.85 bits per heavy atom. The lowest BCUT2D eigenvalue weighted by Crippen LogP contribution is -2.47. The minimum Gasteiger partial charge on any atom is -0.493 e. The summed E-state index contributed by atoms with van der Waals surface area (Å²) in [5, 5.41) is 13.9. The molecule has 0 radical (unpaired) electrons. The van der Waals surface area contributed by atoms with Crippen LogP contribution in [0.5, 0.6) is 11.5 Å². The predicted octanol–water partition coefficient (Wildman–Crippen LogP) is 4.35. The molecule has 0 saturated carbocycles. The first kappa shape index (κ1) is 22.9. The number of aryl methyl sites for hydroxylation is 1. The molecule has 0 aliphatic heterocycles. The van der Waals surface area contributed by atoms with Crippen LogP contribution in [0, 0.1) is 0 Å². The molecule has 0 bridgehead atoms. The van der Waals surface area contributed by atoms with Gasteiger partial charge in [0.25, 0.3) is 0 Å². The number of rotatable bonds is 9. The molecule has 1 unspecified atom stereocenters. The summed E-state index contributed by atoms with van der Waals surface area (Å²) < 4.78 is 10.9. The first-order valence-corrected chi connectivity index (χ1v) is 11.5. The number of methoxy groups -OCH3 is 2. The molecule has 1 amide bonds. The number of hydrogen-bond donors (Lipinski definition) is 3. The number of aromatic amines is 1. The molecule has 174 valence electrons. The van der Waals surface area contributed by atoms with Crippen LogP contribution >= 0.6 is 0 Å². The van der Waals surface area contributed by atoms with Crippen LogP contribution in [0.4, 0.5) is 5.82 Å². The number of carbonyl (C=O) groups excluding carboxylic acids is 1. The van der Waals surface area contributed by atoms with Crippen LogP contribution in [0.2, 0.25) is 0 Å². The van der Waals surface area contributed by atoms with Crippen LogP contribution in [-0.2, 0) is 17.6 Å². The number of H-pyrrole nitrogens is 1. The molecule has 3 aromatic rings. The van der Waals surface area contributed by atoms with Gasteiger partial charge in [0.15, 0.2) is 11.5 Å². The number of fused-ring (bicyclic) bond motifs is 1. The molecule has 7 nitrogen and oxygen atoms in total. The largest absolute Gasteiger partial charge is 0.493 e. The summed E-state index contributed by atoms with van der Waals surface area (Å²) in [4.78, 5) is 13.1. The fourth-order valence-electron chi connectivity index (χ4n) is 4.45. The molecule has 2 atom stereocenters. The average Bonchev–Trinajstić information content (AvgIpc) is 3.31. The highest BCUT2D eigenvalue weighted by Gasteiger charge is 2.26. The quantitative estimate of drug-likeness (QED) is 0.453. The first-order valence-electron chi connectivity index (χ1n) is 11.5. The van der Waals surface area contributed by atoms with Crippen molar-refractivity contribution in [3.63, 3.8) is 0 Å². The van der Waals surface area contributed by atoms with Gasteiger partial charge in [-0.05, 0) is 48.9 Å². The highest BCUT2D eigenvalue weighted by Crippen LogP contribution is 2.34. The van der Waals surface area contributed by atoms with Gasteiger partial charge in [0.1, 0.15) is 5.82 Å². The van der Waals surface area contributed by atoms with Crippen molar-refractivity contribution in [2.45, 2.75) is 51.1 Å². The monoisotopic (exact) mass is 448 g/mol. The van der Waals surface area contributed by atoms with Crippen LogP contribution in [0.15, 0.2) is 48.5 Å². The van der Waals surface area contributed by atoms with E-state index in [2.05, 4.69) is 39.9 Å². The maximum absolute atomic E-state index is 13.1. The molecule has 3 N–H and O–H groups in total. The molecule has 1 aliphatic rings. The molecule has 2 aromatic carbocycles. The Hall–Kier alpha value is -3.32. The van der Waals surface area contributed by atoms with E-state index < -0.39 is 0 Å². The molecular formula is C26H32N4O3. The average molecular weight is 449 g/mol. The molecule has 1 aromatic heterocycles. The molecular weight excluding hydrogens is 416 g/mol. The van der Waals surface area contributed by atoms with E-state index in [-0.39, 0.29) is 18.0 Å². The molecule has 1 heterocycles. The van der Waals surface area contributed by atoms with Gasteiger partial charge < -0.3 is 20.1 Å². The van der Waals surface area contributed by atoms with Gasteiger partial charge in [0, 0.05) is 17.7 Å². The Bertz CT molecular complexity index is 1080. The van der Waals surface area contributed by atoms with Gasteiger partial charge in [0.2, 0.25) is 5.91 Å². The zero-order valence-electron chi connectivity index (χ0n) is 19.5. The Labute approximate surface area is 194 Å². The number of carbonyl (C=O) groups is 1. The third-order valence-corrected chi connectivity index (χ3v) is 6.17. The van der Waals surface area contributed by atoms with Gasteiger partial charge in [-0.25, -0.2) is 0 Å². The molecule has 33 heavy (non-hydrogen) atoms. The Morgan fingerprint density at radius 3 is 2.55 bits per heavy atom. The summed E-state index contributed by atoms with van der Waals surface area (Å²) in [7, 11) is 3.32. The minimum absolute atomic E-state index is 0.0433. The van der Waals surface area contributed by atoms with E-state index in [0.717, 1.165) is 54.9 Å². The summed E-state index contributed by atoms with van der Waals surface area (Å²) in [6.45, 7) is 2.10. The zero-order chi connectivity index (χ0) is 23.2. The maximum atomic E-state index is 13.1. The van der Waals surface area contributed by atoms with Crippen molar-refractivity contribution in [1.29, 1.82) is 0 Å². The second-order valence-corrected chi connectivity index (χ2v) is 8.45. The standard InChI is InChI=1S/C26H32N4O3/c1-4-8-21(26(31)28-25-16-22(29-30-25)17-9-6-5-7-10-17)27-20-12-11-18-14-23(32-2)24(33-3)15-19(18)13-20/h5-7,9-10,14-16,20-21,27H,4,8,11-13H2,1-3H3,(H2,28,29,30,31)/t20?,21-/m0/s1. The van der Waals surface area contributed by atoms with E-state index in [1.54, 1.807) is 14.2 Å². The van der Waals surface area contributed by atoms with Crippen LogP contribution in [0.1, 0.15) is 37.3 Å². The number of ether oxygens (including phenoxy) is 2. The van der Waals surface area contributed by atoms with Crippen molar-refractivity contribution in [3.05, 3.63) is 59.7 Å². The van der Waals surface area contributed by atoms with E-state index in [1.165, 1.54) is 11.1 Å². The van der Waals surface area contributed by atoms with Crippen molar-refractivity contribution in [2.75, 3.05) is 19.5 Å². The number of amides is 1. The SMILES string of the molecule is CCC[C@H](NC1CCc2cc(OC)c(OC)cc2C1)C(=O)Nc1cc(-c2ccccc2)n[nH]1. The maximum Gasteiger partial charge on any atom is 0.242 e. The molecule has 0 spiro atoms. The molecule has 4 rings (SSSR count). The fraction of sp³-hybridized carbons (Fsp3) is 0.385. The van der Waals surface area contributed by atoms with Gasteiger partial charge in [-0.2, -0.15) is 5.10 Å². The number of aromatic nitrogens is 2. The Balaban J connectivity index is 1.42. The summed E-state index contributed by atoms with van der Waals surface area (Å²) in [6.07, 6.45) is 4.44. The molecule has 7 heteroatoms. The summed E-state index contributed by atoms with van der Waals surface area (Å²) in [6, 6.07) is 15.8. The predicted molar refractivity (Wildman–Crippen MR) is 130 cm³/mol. The smallest absolute Gasteiger partial charge is 0.242 e. The third kappa shape index (κ3) is 5.37. The summed E-state index contributed by atoms with van der Waals surface area (Å²) in [5.74, 6) is 2.07. The van der Waals surface area contributed by atoms with Gasteiger partial charge in [0.05, 0.1) is 26.0 Å². The lowest BCUT2D eigenvalue weighted by atomic mass is 9.87. The van der Waals surface area contributed by atoms with Crippen molar-refractivity contribution in [2.24, 2.45) is 0 Å². The molecule has 0 saturated heterocycles. The minimum atomic E-state index is -0.273. The van der Waals surface area contributed by atoms with Gasteiger partial charge in [-0.1, -0.05) is 43.7 Å². The Kier molecular flexibility index (Phi) is 7.29. The lowest BCUT2D eigenvalue weighted by Gasteiger charge is -2.30. The number of anilines is 1. The zero-order valence-corrected chi connectivity index (χ0v) is 19.5.